The number of imide groups is 1. The van der Waals surface area contributed by atoms with Crippen LogP contribution >= 0.6 is 0 Å². The van der Waals surface area contributed by atoms with Gasteiger partial charge >= 0.3 is 5.97 Å². The molecule has 0 radical (unpaired) electrons. The number of ether oxygens (including phenoxy) is 1. The van der Waals surface area contributed by atoms with Crippen molar-refractivity contribution in [1.82, 2.24) is 20.3 Å². The zero-order chi connectivity index (χ0) is 23.3. The van der Waals surface area contributed by atoms with Crippen molar-refractivity contribution in [3.05, 3.63) is 28.6 Å². The third-order valence-corrected chi connectivity index (χ3v) is 5.01. The van der Waals surface area contributed by atoms with Crippen LogP contribution in [0.5, 0.6) is 0 Å². The smallest absolute Gasteiger partial charge is 0.306 e. The summed E-state index contributed by atoms with van der Waals surface area (Å²) in [4.78, 5) is 48.4. The van der Waals surface area contributed by atoms with Crippen molar-refractivity contribution < 1.29 is 19.1 Å². The van der Waals surface area contributed by atoms with Gasteiger partial charge in [-0.3, -0.25) is 24.5 Å². The maximum atomic E-state index is 13.1. The molecule has 2 heterocycles. The summed E-state index contributed by atoms with van der Waals surface area (Å²) >= 11 is 0. The molecule has 1 aliphatic rings. The van der Waals surface area contributed by atoms with E-state index in [2.05, 4.69) is 20.9 Å². The summed E-state index contributed by atoms with van der Waals surface area (Å²) in [6, 6.07) is 4.38. The minimum Gasteiger partial charge on any atom is -0.460 e. The molecular weight excluding hydrogens is 414 g/mol. The Morgan fingerprint density at radius 3 is 2.72 bits per heavy atom. The highest BCUT2D eigenvalue weighted by molar-refractivity contribution is 5.99. The van der Waals surface area contributed by atoms with Gasteiger partial charge in [-0.1, -0.05) is 17.7 Å². The van der Waals surface area contributed by atoms with E-state index in [1.165, 1.54) is 0 Å². The molecule has 0 spiro atoms. The second-order valence-corrected chi connectivity index (χ2v) is 8.83. The van der Waals surface area contributed by atoms with Gasteiger partial charge in [0.1, 0.15) is 17.2 Å². The first-order valence-electron chi connectivity index (χ1n) is 10.8. The number of aromatic nitrogens is 3. The van der Waals surface area contributed by atoms with Crippen LogP contribution in [-0.4, -0.2) is 44.9 Å². The topological polar surface area (TPSA) is 132 Å². The van der Waals surface area contributed by atoms with Crippen molar-refractivity contribution in [2.24, 2.45) is 0 Å². The number of unbranched alkanes of at least 4 members (excludes halogenated alkanes) is 2. The Morgan fingerprint density at radius 2 is 2.00 bits per heavy atom. The quantitative estimate of drug-likeness (QED) is 0.360. The molecule has 1 fully saturated rings. The zero-order valence-corrected chi connectivity index (χ0v) is 18.6. The third-order valence-electron chi connectivity index (χ3n) is 5.01. The van der Waals surface area contributed by atoms with E-state index >= 15 is 0 Å². The van der Waals surface area contributed by atoms with Crippen LogP contribution in [0.1, 0.15) is 65.3 Å². The molecule has 172 valence electrons. The lowest BCUT2D eigenvalue weighted by atomic mass is 10.1. The fourth-order valence-electron chi connectivity index (χ4n) is 3.55. The second kappa shape index (κ2) is 9.88. The predicted molar refractivity (Wildman–Crippen MR) is 118 cm³/mol. The summed E-state index contributed by atoms with van der Waals surface area (Å²) in [6.45, 7) is 6.14. The van der Waals surface area contributed by atoms with Crippen LogP contribution in [0.4, 0.5) is 5.69 Å². The van der Waals surface area contributed by atoms with E-state index in [9.17, 15) is 19.2 Å². The van der Waals surface area contributed by atoms with Crippen LogP contribution in [0.2, 0.25) is 0 Å². The molecule has 1 unspecified atom stereocenters. The van der Waals surface area contributed by atoms with Gasteiger partial charge in [-0.25, -0.2) is 0 Å². The lowest BCUT2D eigenvalue weighted by Gasteiger charge is -2.21. The normalized spacial score (nSPS) is 16.7. The Kier molecular flexibility index (Phi) is 7.22. The minimum absolute atomic E-state index is 0.145. The molecule has 2 aromatic rings. The molecule has 32 heavy (non-hydrogen) atoms. The van der Waals surface area contributed by atoms with Crippen LogP contribution < -0.4 is 16.2 Å². The van der Waals surface area contributed by atoms with E-state index in [4.69, 9.17) is 4.74 Å². The van der Waals surface area contributed by atoms with E-state index in [0.717, 1.165) is 23.9 Å². The van der Waals surface area contributed by atoms with Crippen LogP contribution in [-0.2, 0) is 19.1 Å². The van der Waals surface area contributed by atoms with Crippen LogP contribution in [0.3, 0.4) is 0 Å². The predicted octanol–water partition coefficient (Wildman–Crippen LogP) is 2.08. The van der Waals surface area contributed by atoms with E-state index in [0.29, 0.717) is 29.6 Å². The Bertz CT molecular complexity index is 1070. The number of carbonyl (C=O) groups excluding carboxylic acids is 3. The van der Waals surface area contributed by atoms with Crippen molar-refractivity contribution in [1.29, 1.82) is 0 Å². The Morgan fingerprint density at radius 1 is 1.22 bits per heavy atom. The van der Waals surface area contributed by atoms with E-state index in [1.54, 1.807) is 18.2 Å². The molecule has 1 aliphatic heterocycles. The van der Waals surface area contributed by atoms with Gasteiger partial charge in [0, 0.05) is 25.1 Å². The SMILES string of the molecule is CC(C)(C)OC(=O)CCCCCNc1cccc2nnn(C3CCC(=O)NC3=O)c(=O)c12. The molecule has 1 saturated heterocycles. The number of nitrogens with one attached hydrogen (secondary N) is 2. The van der Waals surface area contributed by atoms with Crippen molar-refractivity contribution >= 4 is 34.4 Å². The molecule has 0 saturated carbocycles. The van der Waals surface area contributed by atoms with Crippen molar-refractivity contribution in [3.63, 3.8) is 0 Å². The molecule has 0 bridgehead atoms. The Hall–Kier alpha value is -3.30. The highest BCUT2D eigenvalue weighted by Crippen LogP contribution is 2.21. The molecule has 1 atom stereocenters. The second-order valence-electron chi connectivity index (χ2n) is 8.83. The summed E-state index contributed by atoms with van der Waals surface area (Å²) in [5.74, 6) is -1.11. The number of benzene rings is 1. The van der Waals surface area contributed by atoms with Crippen LogP contribution in [0.15, 0.2) is 23.0 Å². The molecule has 2 N–H and O–H groups in total. The number of piperidine rings is 1. The van der Waals surface area contributed by atoms with Gasteiger partial charge in [-0.05, 0) is 52.2 Å². The molecule has 0 aliphatic carbocycles. The molecule has 1 aromatic heterocycles. The average Bonchev–Trinajstić information content (AvgIpc) is 2.70. The average molecular weight is 444 g/mol. The maximum absolute atomic E-state index is 13.1. The highest BCUT2D eigenvalue weighted by atomic mass is 16.6. The number of hydrogen-bond acceptors (Lipinski definition) is 8. The van der Waals surface area contributed by atoms with Crippen molar-refractivity contribution in [3.8, 4) is 0 Å². The maximum Gasteiger partial charge on any atom is 0.306 e. The van der Waals surface area contributed by atoms with E-state index in [1.807, 2.05) is 20.8 Å². The van der Waals surface area contributed by atoms with Gasteiger partial charge in [-0.2, -0.15) is 4.68 Å². The fraction of sp³-hybridized carbons (Fsp3) is 0.545. The third kappa shape index (κ3) is 5.89. The van der Waals surface area contributed by atoms with Gasteiger partial charge in [0.25, 0.3) is 11.5 Å². The molecule has 10 heteroatoms. The van der Waals surface area contributed by atoms with Gasteiger partial charge in [0.2, 0.25) is 5.91 Å². The van der Waals surface area contributed by atoms with Crippen molar-refractivity contribution in [2.75, 3.05) is 11.9 Å². The highest BCUT2D eigenvalue weighted by Gasteiger charge is 2.30. The standard InChI is InChI=1S/C22H29N5O5/c1-22(2,3)32-18(29)10-5-4-6-13-23-14-8-7-9-15-19(14)21(31)27(26-25-15)16-11-12-17(28)24-20(16)30/h7-9,16,23H,4-6,10-13H2,1-3H3,(H,24,28,30). The van der Waals surface area contributed by atoms with Crippen LogP contribution in [0.25, 0.3) is 10.9 Å². The molecule has 3 rings (SSSR count). The first-order valence-corrected chi connectivity index (χ1v) is 10.8. The zero-order valence-electron chi connectivity index (χ0n) is 18.6. The largest absolute Gasteiger partial charge is 0.460 e. The first-order chi connectivity index (χ1) is 15.2. The summed E-state index contributed by atoms with van der Waals surface area (Å²) in [7, 11) is 0. The number of fused-ring (bicyclic) bond motifs is 1. The van der Waals surface area contributed by atoms with Gasteiger partial charge < -0.3 is 10.1 Å². The minimum atomic E-state index is -0.863. The first kappa shape index (κ1) is 23.4. The summed E-state index contributed by atoms with van der Waals surface area (Å²) in [5.41, 5.74) is 0.123. The Balaban J connectivity index is 1.62. The summed E-state index contributed by atoms with van der Waals surface area (Å²) in [5, 5.41) is 13.9. The van der Waals surface area contributed by atoms with Crippen LogP contribution in [0, 0.1) is 0 Å². The molecular formula is C22H29N5O5. The lowest BCUT2D eigenvalue weighted by Crippen LogP contribution is -2.45. The number of amides is 2. The monoisotopic (exact) mass is 443 g/mol. The number of esters is 1. The van der Waals surface area contributed by atoms with Gasteiger partial charge in [-0.15, -0.1) is 5.10 Å². The number of carbonyl (C=O) groups is 3. The number of rotatable bonds is 8. The lowest BCUT2D eigenvalue weighted by molar-refractivity contribution is -0.155. The number of anilines is 1. The Labute approximate surface area is 185 Å². The number of nitrogens with zero attached hydrogens (tertiary/aromatic N) is 3. The van der Waals surface area contributed by atoms with Crippen molar-refractivity contribution in [2.45, 2.75) is 70.9 Å². The molecule has 10 nitrogen and oxygen atoms in total. The molecule has 2 amide bonds. The van der Waals surface area contributed by atoms with Gasteiger partial charge in [0.05, 0.1) is 5.39 Å². The molecule has 1 aromatic carbocycles. The summed E-state index contributed by atoms with van der Waals surface area (Å²) < 4.78 is 6.35. The summed E-state index contributed by atoms with van der Waals surface area (Å²) in [6.07, 6.45) is 3.08. The van der Waals surface area contributed by atoms with E-state index < -0.39 is 23.1 Å². The van der Waals surface area contributed by atoms with Gasteiger partial charge in [0.15, 0.2) is 0 Å². The fourth-order valence-corrected chi connectivity index (χ4v) is 3.55. The van der Waals surface area contributed by atoms with E-state index in [-0.39, 0.29) is 24.7 Å². The number of hydrogen-bond donors (Lipinski definition) is 2.